The molecule has 1 aliphatic rings. The summed E-state index contributed by atoms with van der Waals surface area (Å²) < 4.78 is 5.43. The van der Waals surface area contributed by atoms with Crippen molar-refractivity contribution in [3.8, 4) is 0 Å². The summed E-state index contributed by atoms with van der Waals surface area (Å²) >= 11 is 3.51. The molecule has 0 aromatic rings. The first-order valence-corrected chi connectivity index (χ1v) is 7.11. The molecule has 4 nitrogen and oxygen atoms in total. The first kappa shape index (κ1) is 13.4. The molecule has 0 spiro atoms. The summed E-state index contributed by atoms with van der Waals surface area (Å²) in [6, 6.07) is 0. The molecule has 1 saturated heterocycles. The molecule has 0 aromatic heterocycles. The highest BCUT2D eigenvalue weighted by atomic mass is 32.2. The van der Waals surface area contributed by atoms with Crippen LogP contribution in [0.15, 0.2) is 11.3 Å². The first-order chi connectivity index (χ1) is 7.69. The lowest BCUT2D eigenvalue weighted by Gasteiger charge is -2.21. The molecule has 6 heteroatoms. The Morgan fingerprint density at radius 1 is 1.56 bits per heavy atom. The maximum absolute atomic E-state index is 11.6. The van der Waals surface area contributed by atoms with Crippen LogP contribution in [0.1, 0.15) is 13.8 Å². The number of carbonyl (C=O) groups excluding carboxylic acids is 2. The molecule has 1 amide bonds. The molecule has 0 unspecified atom stereocenters. The van der Waals surface area contributed by atoms with E-state index in [2.05, 4.69) is 12.2 Å². The molecule has 0 bridgehead atoms. The van der Waals surface area contributed by atoms with E-state index >= 15 is 0 Å². The van der Waals surface area contributed by atoms with E-state index < -0.39 is 5.97 Å². The van der Waals surface area contributed by atoms with Crippen LogP contribution in [0, 0.1) is 0 Å². The molecule has 1 fully saturated rings. The molecule has 0 atom stereocenters. The van der Waals surface area contributed by atoms with Gasteiger partial charge in [-0.3, -0.25) is 4.79 Å². The average molecular weight is 261 g/mol. The highest BCUT2D eigenvalue weighted by Gasteiger charge is 2.21. The fourth-order valence-corrected chi connectivity index (χ4v) is 3.52. The van der Waals surface area contributed by atoms with Gasteiger partial charge in [0.05, 0.1) is 6.61 Å². The van der Waals surface area contributed by atoms with Gasteiger partial charge in [0.1, 0.15) is 5.70 Å². The van der Waals surface area contributed by atoms with Crippen molar-refractivity contribution >= 4 is 35.9 Å². The maximum Gasteiger partial charge on any atom is 0.354 e. The lowest BCUT2D eigenvalue weighted by atomic mass is 10.2. The number of carbonyl (C=O) groups is 2. The number of hydrogen-bond acceptors (Lipinski definition) is 5. The van der Waals surface area contributed by atoms with E-state index in [9.17, 15) is 9.59 Å². The number of thioether (sulfide) groups is 2. The second-order valence-corrected chi connectivity index (χ2v) is 6.11. The Labute approximate surface area is 104 Å². The number of hydrogen-bond donors (Lipinski definition) is 1. The zero-order valence-corrected chi connectivity index (χ0v) is 11.0. The zero-order valence-electron chi connectivity index (χ0n) is 9.32. The van der Waals surface area contributed by atoms with Gasteiger partial charge in [0, 0.05) is 16.1 Å². The van der Waals surface area contributed by atoms with E-state index in [1.807, 2.05) is 0 Å². The Kier molecular flexibility index (Phi) is 5.76. The Morgan fingerprint density at radius 2 is 2.19 bits per heavy atom. The van der Waals surface area contributed by atoms with Gasteiger partial charge in [-0.1, -0.05) is 0 Å². The minimum absolute atomic E-state index is 0.309. The van der Waals surface area contributed by atoms with Crippen molar-refractivity contribution in [1.82, 2.24) is 5.32 Å². The smallest absolute Gasteiger partial charge is 0.354 e. The first-order valence-electron chi connectivity index (χ1n) is 5.01. The topological polar surface area (TPSA) is 55.4 Å². The van der Waals surface area contributed by atoms with Gasteiger partial charge in [-0.05, 0) is 19.4 Å². The fourth-order valence-electron chi connectivity index (χ4n) is 1.24. The van der Waals surface area contributed by atoms with Gasteiger partial charge >= 0.3 is 5.97 Å². The van der Waals surface area contributed by atoms with E-state index in [1.54, 1.807) is 30.4 Å². The summed E-state index contributed by atoms with van der Waals surface area (Å²) in [4.78, 5) is 22.1. The Morgan fingerprint density at radius 3 is 2.69 bits per heavy atom. The predicted molar refractivity (Wildman–Crippen MR) is 67.2 cm³/mol. The highest BCUT2D eigenvalue weighted by molar-refractivity contribution is 8.17. The van der Waals surface area contributed by atoms with Crippen molar-refractivity contribution in [2.24, 2.45) is 0 Å². The van der Waals surface area contributed by atoms with Crippen molar-refractivity contribution in [3.63, 3.8) is 0 Å². The molecular weight excluding hydrogens is 246 g/mol. The third kappa shape index (κ3) is 3.75. The molecular formula is C10H15NO3S2. The number of ether oxygens (including phenoxy) is 1. The second-order valence-electron chi connectivity index (χ2n) is 3.15. The summed E-state index contributed by atoms with van der Waals surface area (Å²) in [6.07, 6.45) is 0.520. The molecule has 90 valence electrons. The number of rotatable bonds is 4. The van der Waals surface area contributed by atoms with Gasteiger partial charge in [-0.15, -0.1) is 23.5 Å². The van der Waals surface area contributed by atoms with Crippen LogP contribution >= 0.6 is 23.5 Å². The van der Waals surface area contributed by atoms with Crippen LogP contribution in [-0.4, -0.2) is 35.1 Å². The van der Waals surface area contributed by atoms with Crippen LogP contribution < -0.4 is 5.32 Å². The van der Waals surface area contributed by atoms with E-state index in [1.165, 1.54) is 0 Å². The molecule has 0 saturated carbocycles. The van der Waals surface area contributed by atoms with Crippen LogP contribution in [0.5, 0.6) is 0 Å². The minimum atomic E-state index is -0.444. The van der Waals surface area contributed by atoms with Crippen LogP contribution in [0.2, 0.25) is 0 Å². The van der Waals surface area contributed by atoms with Gasteiger partial charge in [-0.25, -0.2) is 4.79 Å². The molecule has 1 rings (SSSR count). The third-order valence-electron chi connectivity index (χ3n) is 2.02. The number of esters is 1. The van der Waals surface area contributed by atoms with Gasteiger partial charge in [0.25, 0.3) is 0 Å². The predicted octanol–water partition coefficient (Wildman–Crippen LogP) is 1.38. The van der Waals surface area contributed by atoms with Crippen molar-refractivity contribution in [1.29, 1.82) is 0 Å². The molecule has 16 heavy (non-hydrogen) atoms. The van der Waals surface area contributed by atoms with Gasteiger partial charge in [-0.2, -0.15) is 0 Å². The molecule has 0 aliphatic carbocycles. The normalized spacial score (nSPS) is 20.1. The minimum Gasteiger partial charge on any atom is -0.461 e. The van der Waals surface area contributed by atoms with Gasteiger partial charge in [0.2, 0.25) is 6.41 Å². The van der Waals surface area contributed by atoms with Gasteiger partial charge in [0.15, 0.2) is 0 Å². The van der Waals surface area contributed by atoms with E-state index in [0.717, 1.165) is 17.1 Å². The largest absolute Gasteiger partial charge is 0.461 e. The molecule has 0 aromatic carbocycles. The number of nitrogens with one attached hydrogen (secondary N) is 1. The van der Waals surface area contributed by atoms with E-state index in [4.69, 9.17) is 4.74 Å². The maximum atomic E-state index is 11.6. The average Bonchev–Trinajstić information content (AvgIpc) is 2.28. The van der Waals surface area contributed by atoms with Crippen LogP contribution in [-0.2, 0) is 14.3 Å². The SMILES string of the molecule is CCOC(=O)C(NC=O)=C1CSC(C)SC1. The van der Waals surface area contributed by atoms with Crippen LogP contribution in [0.4, 0.5) is 0 Å². The van der Waals surface area contributed by atoms with Crippen LogP contribution in [0.25, 0.3) is 0 Å². The van der Waals surface area contributed by atoms with Crippen molar-refractivity contribution in [3.05, 3.63) is 11.3 Å². The second kappa shape index (κ2) is 6.85. The molecule has 0 radical (unpaired) electrons. The monoisotopic (exact) mass is 261 g/mol. The number of amides is 1. The Balaban J connectivity index is 2.77. The fraction of sp³-hybridized carbons (Fsp3) is 0.600. The van der Waals surface area contributed by atoms with Crippen LogP contribution in [0.3, 0.4) is 0 Å². The van der Waals surface area contributed by atoms with Crippen molar-refractivity contribution < 1.29 is 14.3 Å². The van der Waals surface area contributed by atoms with Crippen molar-refractivity contribution in [2.45, 2.75) is 18.4 Å². The van der Waals surface area contributed by atoms with Gasteiger partial charge < -0.3 is 10.1 Å². The summed E-state index contributed by atoms with van der Waals surface area (Å²) in [5, 5.41) is 2.45. The standard InChI is InChI=1S/C10H15NO3S2/c1-3-14-10(13)9(11-6-12)8-4-15-7(2)16-5-8/h6-7H,3-5H2,1-2H3,(H,11,12). The van der Waals surface area contributed by atoms with E-state index in [-0.39, 0.29) is 0 Å². The zero-order chi connectivity index (χ0) is 12.0. The Hall–Kier alpha value is -0.620. The summed E-state index contributed by atoms with van der Waals surface area (Å²) in [5.74, 6) is 1.09. The summed E-state index contributed by atoms with van der Waals surface area (Å²) in [7, 11) is 0. The van der Waals surface area contributed by atoms with Crippen molar-refractivity contribution in [2.75, 3.05) is 18.1 Å². The summed E-state index contributed by atoms with van der Waals surface area (Å²) in [5.41, 5.74) is 1.25. The third-order valence-corrected chi connectivity index (χ3v) is 4.81. The highest BCUT2D eigenvalue weighted by Crippen LogP contribution is 2.33. The molecule has 1 N–H and O–H groups in total. The molecule has 1 aliphatic heterocycles. The Bertz CT molecular complexity index is 294. The molecule has 1 heterocycles. The lowest BCUT2D eigenvalue weighted by molar-refractivity contribution is -0.139. The lowest BCUT2D eigenvalue weighted by Crippen LogP contribution is -2.26. The summed E-state index contributed by atoms with van der Waals surface area (Å²) in [6.45, 7) is 4.18. The van der Waals surface area contributed by atoms with E-state index in [0.29, 0.717) is 23.3 Å². The quantitative estimate of drug-likeness (QED) is 0.470.